The van der Waals surface area contributed by atoms with Gasteiger partial charge in [-0.3, -0.25) is 4.79 Å². The van der Waals surface area contributed by atoms with E-state index >= 15 is 0 Å². The molecule has 1 aliphatic heterocycles. The van der Waals surface area contributed by atoms with Gasteiger partial charge >= 0.3 is 5.92 Å². The number of rotatable bonds is 4. The third kappa shape index (κ3) is 2.72. The predicted octanol–water partition coefficient (Wildman–Crippen LogP) is 2.38. The average molecular weight is 330 g/mol. The molecule has 1 saturated carbocycles. The number of anilines is 1. The van der Waals surface area contributed by atoms with Crippen LogP contribution < -0.4 is 10.2 Å². The van der Waals surface area contributed by atoms with E-state index in [0.29, 0.717) is 19.3 Å². The Morgan fingerprint density at radius 2 is 2.09 bits per heavy atom. The highest BCUT2D eigenvalue weighted by molar-refractivity contribution is 7.14. The number of carbonyl (C=O) groups excluding carboxylic acids is 1. The average Bonchev–Trinajstić information content (AvgIpc) is 2.99. The zero-order valence-corrected chi connectivity index (χ0v) is 13.0. The van der Waals surface area contributed by atoms with Gasteiger partial charge in [0, 0.05) is 19.1 Å². The maximum absolute atomic E-state index is 14.0. The number of alkyl halides is 2. The van der Waals surface area contributed by atoms with E-state index in [1.807, 2.05) is 17.5 Å². The summed E-state index contributed by atoms with van der Waals surface area (Å²) in [5, 5.41) is 15.4. The number of nitrogens with zero attached hydrogens (tertiary/aromatic N) is 1. The fraction of sp³-hybridized carbons (Fsp3) is 0.667. The zero-order chi connectivity index (χ0) is 15.8. The van der Waals surface area contributed by atoms with E-state index in [9.17, 15) is 18.7 Å². The monoisotopic (exact) mass is 330 g/mol. The molecule has 0 bridgehead atoms. The maximum atomic E-state index is 14.0. The first kappa shape index (κ1) is 15.7. The van der Waals surface area contributed by atoms with E-state index in [4.69, 9.17) is 0 Å². The Bertz CT molecular complexity index is 524. The summed E-state index contributed by atoms with van der Waals surface area (Å²) in [5.41, 5.74) is -2.14. The predicted molar refractivity (Wildman–Crippen MR) is 81.4 cm³/mol. The van der Waals surface area contributed by atoms with Crippen molar-refractivity contribution in [1.29, 1.82) is 0 Å². The molecule has 1 aromatic rings. The van der Waals surface area contributed by atoms with Crippen LogP contribution in [0.5, 0.6) is 0 Å². The van der Waals surface area contributed by atoms with Gasteiger partial charge in [0.1, 0.15) is 5.60 Å². The van der Waals surface area contributed by atoms with Gasteiger partial charge in [-0.05, 0) is 49.6 Å². The standard InChI is InChI=1S/C15H20F2N2O2S/c16-15(17,14(21)6-2-7-14)13(20)18-11-4-8-19(9-5-11)12-3-1-10-22-12/h1,3,10-11,21H,2,4-9H2,(H,18,20). The second-order valence-electron chi connectivity index (χ2n) is 6.15. The summed E-state index contributed by atoms with van der Waals surface area (Å²) in [5.74, 6) is -5.03. The summed E-state index contributed by atoms with van der Waals surface area (Å²) in [6, 6.07) is 3.76. The molecule has 7 heteroatoms. The van der Waals surface area contributed by atoms with Crippen LogP contribution in [0.15, 0.2) is 17.5 Å². The van der Waals surface area contributed by atoms with Gasteiger partial charge in [0.15, 0.2) is 0 Å². The van der Waals surface area contributed by atoms with Crippen LogP contribution in [0.2, 0.25) is 0 Å². The molecule has 0 atom stereocenters. The van der Waals surface area contributed by atoms with Gasteiger partial charge < -0.3 is 15.3 Å². The van der Waals surface area contributed by atoms with Gasteiger partial charge in [0.25, 0.3) is 5.91 Å². The van der Waals surface area contributed by atoms with Crippen LogP contribution in [0, 0.1) is 0 Å². The lowest BCUT2D eigenvalue weighted by molar-refractivity contribution is -0.216. The largest absolute Gasteiger partial charge is 0.383 e. The van der Waals surface area contributed by atoms with Crippen LogP contribution >= 0.6 is 11.3 Å². The first-order chi connectivity index (χ1) is 10.4. The van der Waals surface area contributed by atoms with Gasteiger partial charge in [0.05, 0.1) is 5.00 Å². The summed E-state index contributed by atoms with van der Waals surface area (Å²) >= 11 is 1.65. The second-order valence-corrected chi connectivity index (χ2v) is 7.07. The van der Waals surface area contributed by atoms with Crippen molar-refractivity contribution >= 4 is 22.2 Å². The van der Waals surface area contributed by atoms with Gasteiger partial charge in [-0.2, -0.15) is 8.78 Å². The first-order valence-electron chi connectivity index (χ1n) is 7.62. The number of piperidine rings is 1. The molecule has 1 saturated heterocycles. The van der Waals surface area contributed by atoms with E-state index in [1.165, 1.54) is 5.00 Å². The normalized spacial score (nSPS) is 22.2. The molecule has 1 amide bonds. The Labute approximate surface area is 132 Å². The van der Waals surface area contributed by atoms with Crippen molar-refractivity contribution in [2.45, 2.75) is 49.7 Å². The van der Waals surface area contributed by atoms with Crippen LogP contribution in [0.4, 0.5) is 13.8 Å². The van der Waals surface area contributed by atoms with E-state index in [1.54, 1.807) is 11.3 Å². The molecule has 3 rings (SSSR count). The lowest BCUT2D eigenvalue weighted by Crippen LogP contribution is -2.62. The third-order valence-electron chi connectivity index (χ3n) is 4.70. The van der Waals surface area contributed by atoms with Crippen molar-refractivity contribution in [2.75, 3.05) is 18.0 Å². The summed E-state index contributed by atoms with van der Waals surface area (Å²) in [6.45, 7) is 1.47. The lowest BCUT2D eigenvalue weighted by atomic mass is 9.75. The minimum atomic E-state index is -3.70. The van der Waals surface area contributed by atoms with Crippen molar-refractivity contribution in [3.8, 4) is 0 Å². The Morgan fingerprint density at radius 3 is 2.59 bits per heavy atom. The van der Waals surface area contributed by atoms with E-state index in [2.05, 4.69) is 10.2 Å². The topological polar surface area (TPSA) is 52.6 Å². The number of thiophene rings is 1. The molecule has 1 aliphatic carbocycles. The Balaban J connectivity index is 1.53. The molecule has 2 aliphatic rings. The zero-order valence-electron chi connectivity index (χ0n) is 12.2. The number of carbonyl (C=O) groups is 1. The Morgan fingerprint density at radius 1 is 1.41 bits per heavy atom. The lowest BCUT2D eigenvalue weighted by Gasteiger charge is -2.42. The number of hydrogen-bond donors (Lipinski definition) is 2. The highest BCUT2D eigenvalue weighted by atomic mass is 32.1. The van der Waals surface area contributed by atoms with Crippen LogP contribution in [0.1, 0.15) is 32.1 Å². The van der Waals surface area contributed by atoms with Crippen molar-refractivity contribution in [1.82, 2.24) is 5.32 Å². The van der Waals surface area contributed by atoms with E-state index in [0.717, 1.165) is 13.1 Å². The van der Waals surface area contributed by atoms with Crippen molar-refractivity contribution < 1.29 is 18.7 Å². The van der Waals surface area contributed by atoms with Crippen LogP contribution in [-0.2, 0) is 4.79 Å². The smallest absolute Gasteiger partial charge is 0.352 e. The second kappa shape index (κ2) is 5.77. The van der Waals surface area contributed by atoms with Crippen LogP contribution in [-0.4, -0.2) is 41.7 Å². The fourth-order valence-electron chi connectivity index (χ4n) is 3.01. The minimum absolute atomic E-state index is 0.00968. The summed E-state index contributed by atoms with van der Waals surface area (Å²) < 4.78 is 28.1. The Kier molecular flexibility index (Phi) is 4.11. The maximum Gasteiger partial charge on any atom is 0.352 e. The summed E-state index contributed by atoms with van der Waals surface area (Å²) in [4.78, 5) is 14.0. The molecule has 0 spiro atoms. The van der Waals surface area contributed by atoms with Crippen molar-refractivity contribution in [3.05, 3.63) is 17.5 Å². The molecule has 4 nitrogen and oxygen atoms in total. The highest BCUT2D eigenvalue weighted by Crippen LogP contribution is 2.44. The van der Waals surface area contributed by atoms with Gasteiger partial charge in [-0.25, -0.2) is 0 Å². The van der Waals surface area contributed by atoms with E-state index in [-0.39, 0.29) is 18.9 Å². The fourth-order valence-corrected chi connectivity index (χ4v) is 3.79. The van der Waals surface area contributed by atoms with Gasteiger partial charge in [0.2, 0.25) is 0 Å². The summed E-state index contributed by atoms with van der Waals surface area (Å²) in [6.07, 6.45) is 1.79. The number of aliphatic hydroxyl groups is 1. The SMILES string of the molecule is O=C(NC1CCN(c2cccs2)CC1)C(F)(F)C1(O)CCC1. The van der Waals surface area contributed by atoms with Crippen molar-refractivity contribution in [2.24, 2.45) is 0 Å². The number of amides is 1. The minimum Gasteiger partial charge on any atom is -0.383 e. The molecular weight excluding hydrogens is 310 g/mol. The first-order valence-corrected chi connectivity index (χ1v) is 8.50. The molecule has 22 heavy (non-hydrogen) atoms. The van der Waals surface area contributed by atoms with Crippen LogP contribution in [0.3, 0.4) is 0 Å². The quantitative estimate of drug-likeness (QED) is 0.891. The Hall–Kier alpha value is -1.21. The number of nitrogens with one attached hydrogen (secondary N) is 1. The molecule has 2 fully saturated rings. The highest BCUT2D eigenvalue weighted by Gasteiger charge is 2.61. The molecule has 122 valence electrons. The van der Waals surface area contributed by atoms with Crippen molar-refractivity contribution in [3.63, 3.8) is 0 Å². The molecule has 0 unspecified atom stereocenters. The van der Waals surface area contributed by atoms with E-state index < -0.39 is 17.4 Å². The number of hydrogen-bond acceptors (Lipinski definition) is 4. The van der Waals surface area contributed by atoms with Crippen LogP contribution in [0.25, 0.3) is 0 Å². The van der Waals surface area contributed by atoms with Gasteiger partial charge in [-0.15, -0.1) is 11.3 Å². The summed E-state index contributed by atoms with van der Waals surface area (Å²) in [7, 11) is 0. The van der Waals surface area contributed by atoms with Gasteiger partial charge in [-0.1, -0.05) is 0 Å². The molecule has 1 aromatic heterocycles. The molecule has 2 N–H and O–H groups in total. The number of halogens is 2. The molecule has 0 radical (unpaired) electrons. The molecule has 0 aromatic carbocycles. The molecule has 2 heterocycles. The third-order valence-corrected chi connectivity index (χ3v) is 5.63. The molecular formula is C15H20F2N2O2S.